The van der Waals surface area contributed by atoms with Crippen molar-refractivity contribution in [1.29, 1.82) is 0 Å². The lowest BCUT2D eigenvalue weighted by atomic mass is 10.1. The van der Waals surface area contributed by atoms with Gasteiger partial charge in [0, 0.05) is 0 Å². The van der Waals surface area contributed by atoms with Gasteiger partial charge in [-0.2, -0.15) is 0 Å². The molecule has 2 atom stereocenters. The van der Waals surface area contributed by atoms with Gasteiger partial charge in [0.15, 0.2) is 0 Å². The van der Waals surface area contributed by atoms with E-state index in [4.69, 9.17) is 16.3 Å². The van der Waals surface area contributed by atoms with Crippen molar-refractivity contribution in [1.82, 2.24) is 0 Å². The van der Waals surface area contributed by atoms with Crippen LogP contribution in [0.4, 0.5) is 0 Å². The molecule has 0 N–H and O–H groups in total. The molecule has 2 rings (SSSR count). The summed E-state index contributed by atoms with van der Waals surface area (Å²) in [5.74, 6) is 0.0752. The van der Waals surface area contributed by atoms with Gasteiger partial charge in [-0.15, -0.1) is 11.3 Å². The number of ketones is 1. The van der Waals surface area contributed by atoms with E-state index in [-0.39, 0.29) is 18.0 Å². The maximum atomic E-state index is 11.8. The first-order valence-corrected chi connectivity index (χ1v) is 5.81. The molecule has 0 amide bonds. The molecule has 76 valence electrons. The van der Waals surface area contributed by atoms with Crippen molar-refractivity contribution in [2.24, 2.45) is 0 Å². The molecule has 1 saturated heterocycles. The Morgan fingerprint density at radius 1 is 1.57 bits per heavy atom. The standard InChI is InChI=1S/C10H11ClO2S/c1-6-2-3-7(13-6)10(12)8-4-5-9(11)14-8/h4-7H,2-3H2,1H3. The van der Waals surface area contributed by atoms with Crippen LogP contribution < -0.4 is 0 Å². The normalized spacial score (nSPS) is 26.7. The van der Waals surface area contributed by atoms with E-state index in [1.807, 2.05) is 6.92 Å². The Labute approximate surface area is 91.8 Å². The van der Waals surface area contributed by atoms with Crippen LogP contribution in [0.5, 0.6) is 0 Å². The predicted molar refractivity (Wildman–Crippen MR) is 57.2 cm³/mol. The van der Waals surface area contributed by atoms with Gasteiger partial charge in [0.25, 0.3) is 0 Å². The Bertz CT molecular complexity index is 348. The zero-order valence-corrected chi connectivity index (χ0v) is 9.40. The molecule has 0 aromatic carbocycles. The maximum Gasteiger partial charge on any atom is 0.201 e. The molecule has 0 aliphatic carbocycles. The zero-order chi connectivity index (χ0) is 10.1. The summed E-state index contributed by atoms with van der Waals surface area (Å²) < 4.78 is 6.15. The molecule has 1 fully saturated rings. The molecule has 14 heavy (non-hydrogen) atoms. The lowest BCUT2D eigenvalue weighted by Crippen LogP contribution is -2.19. The van der Waals surface area contributed by atoms with Gasteiger partial charge in [0.2, 0.25) is 5.78 Å². The van der Waals surface area contributed by atoms with Crippen molar-refractivity contribution in [2.45, 2.75) is 32.0 Å². The summed E-state index contributed by atoms with van der Waals surface area (Å²) in [6, 6.07) is 3.51. The Morgan fingerprint density at radius 2 is 2.36 bits per heavy atom. The van der Waals surface area contributed by atoms with Crippen LogP contribution in [0, 0.1) is 0 Å². The highest BCUT2D eigenvalue weighted by Crippen LogP contribution is 2.27. The van der Waals surface area contributed by atoms with E-state index in [2.05, 4.69) is 0 Å². The van der Waals surface area contributed by atoms with Crippen molar-refractivity contribution in [3.8, 4) is 0 Å². The molecule has 2 unspecified atom stereocenters. The van der Waals surface area contributed by atoms with Crippen LogP contribution in [-0.4, -0.2) is 18.0 Å². The summed E-state index contributed by atoms with van der Waals surface area (Å²) in [5, 5.41) is 0. The fraction of sp³-hybridized carbons (Fsp3) is 0.500. The van der Waals surface area contributed by atoms with E-state index < -0.39 is 0 Å². The summed E-state index contributed by atoms with van der Waals surface area (Å²) >= 11 is 7.09. The topological polar surface area (TPSA) is 26.3 Å². The Morgan fingerprint density at radius 3 is 2.86 bits per heavy atom. The van der Waals surface area contributed by atoms with Gasteiger partial charge in [-0.25, -0.2) is 0 Å². The van der Waals surface area contributed by atoms with Gasteiger partial charge in [-0.05, 0) is 31.9 Å². The summed E-state index contributed by atoms with van der Waals surface area (Å²) in [4.78, 5) is 12.5. The van der Waals surface area contributed by atoms with Crippen LogP contribution in [0.25, 0.3) is 0 Å². The minimum absolute atomic E-state index is 0.0752. The molecule has 0 bridgehead atoms. The molecule has 2 nitrogen and oxygen atoms in total. The third-order valence-corrected chi connectivity index (χ3v) is 3.59. The van der Waals surface area contributed by atoms with E-state index in [0.29, 0.717) is 9.21 Å². The molecule has 4 heteroatoms. The van der Waals surface area contributed by atoms with Crippen LogP contribution in [0.1, 0.15) is 29.4 Å². The summed E-state index contributed by atoms with van der Waals surface area (Å²) in [7, 11) is 0. The highest BCUT2D eigenvalue weighted by molar-refractivity contribution is 7.18. The minimum atomic E-state index is -0.250. The molecule has 1 aromatic rings. The fourth-order valence-electron chi connectivity index (χ4n) is 1.60. The molecule has 0 spiro atoms. The molecular formula is C10H11ClO2S. The summed E-state index contributed by atoms with van der Waals surface area (Å²) in [5.41, 5.74) is 0. The maximum absolute atomic E-state index is 11.8. The third-order valence-electron chi connectivity index (χ3n) is 2.34. The smallest absolute Gasteiger partial charge is 0.201 e. The second kappa shape index (κ2) is 4.01. The molecule has 1 aliphatic heterocycles. The third kappa shape index (κ3) is 2.00. The average molecular weight is 231 g/mol. The van der Waals surface area contributed by atoms with Gasteiger partial charge in [0.05, 0.1) is 15.3 Å². The Kier molecular flexibility index (Phi) is 2.91. The fourth-order valence-corrected chi connectivity index (χ4v) is 2.63. The van der Waals surface area contributed by atoms with Gasteiger partial charge >= 0.3 is 0 Å². The summed E-state index contributed by atoms with van der Waals surface area (Å²) in [6.45, 7) is 1.99. The first-order chi connectivity index (χ1) is 6.66. The van der Waals surface area contributed by atoms with E-state index in [1.54, 1.807) is 12.1 Å². The number of rotatable bonds is 2. The molecule has 0 radical (unpaired) electrons. The highest BCUT2D eigenvalue weighted by Gasteiger charge is 2.29. The van der Waals surface area contributed by atoms with Gasteiger partial charge < -0.3 is 4.74 Å². The van der Waals surface area contributed by atoms with E-state index in [1.165, 1.54) is 11.3 Å². The number of hydrogen-bond donors (Lipinski definition) is 0. The van der Waals surface area contributed by atoms with E-state index in [9.17, 15) is 4.79 Å². The molecule has 1 aromatic heterocycles. The Hall–Kier alpha value is -0.380. The Balaban J connectivity index is 2.09. The number of carbonyl (C=O) groups is 1. The van der Waals surface area contributed by atoms with Gasteiger partial charge in [-0.1, -0.05) is 11.6 Å². The average Bonchev–Trinajstić information content (AvgIpc) is 2.73. The number of ether oxygens (including phenoxy) is 1. The first-order valence-electron chi connectivity index (χ1n) is 4.62. The summed E-state index contributed by atoms with van der Waals surface area (Å²) in [6.07, 6.45) is 1.75. The van der Waals surface area contributed by atoms with Crippen LogP contribution in [0.3, 0.4) is 0 Å². The first kappa shape index (κ1) is 10.1. The second-order valence-electron chi connectivity index (χ2n) is 3.48. The van der Waals surface area contributed by atoms with Crippen molar-refractivity contribution >= 4 is 28.7 Å². The largest absolute Gasteiger partial charge is 0.367 e. The van der Waals surface area contributed by atoms with Crippen LogP contribution >= 0.6 is 22.9 Å². The minimum Gasteiger partial charge on any atom is -0.367 e. The number of halogens is 1. The van der Waals surface area contributed by atoms with E-state index >= 15 is 0 Å². The SMILES string of the molecule is CC1CCC(C(=O)c2ccc(Cl)s2)O1. The molecule has 1 aliphatic rings. The lowest BCUT2D eigenvalue weighted by Gasteiger charge is -2.07. The number of Topliss-reactive ketones (excluding diaryl/α,β-unsaturated/α-hetero) is 1. The lowest BCUT2D eigenvalue weighted by molar-refractivity contribution is 0.0437. The molecule has 0 saturated carbocycles. The monoisotopic (exact) mass is 230 g/mol. The number of thiophene rings is 1. The van der Waals surface area contributed by atoms with Crippen LogP contribution in [-0.2, 0) is 4.74 Å². The van der Waals surface area contributed by atoms with Gasteiger partial charge in [0.1, 0.15) is 6.10 Å². The quantitative estimate of drug-likeness (QED) is 0.730. The van der Waals surface area contributed by atoms with Crippen molar-refractivity contribution < 1.29 is 9.53 Å². The van der Waals surface area contributed by atoms with Crippen molar-refractivity contribution in [3.63, 3.8) is 0 Å². The highest BCUT2D eigenvalue weighted by atomic mass is 35.5. The zero-order valence-electron chi connectivity index (χ0n) is 7.83. The number of carbonyl (C=O) groups excluding carboxylic acids is 1. The van der Waals surface area contributed by atoms with E-state index in [0.717, 1.165) is 12.8 Å². The van der Waals surface area contributed by atoms with Crippen molar-refractivity contribution in [2.75, 3.05) is 0 Å². The van der Waals surface area contributed by atoms with Crippen molar-refractivity contribution in [3.05, 3.63) is 21.3 Å². The second-order valence-corrected chi connectivity index (χ2v) is 5.20. The number of hydrogen-bond acceptors (Lipinski definition) is 3. The van der Waals surface area contributed by atoms with Gasteiger partial charge in [-0.3, -0.25) is 4.79 Å². The van der Waals surface area contributed by atoms with Crippen LogP contribution in [0.15, 0.2) is 12.1 Å². The van der Waals surface area contributed by atoms with Crippen LogP contribution in [0.2, 0.25) is 4.34 Å². The molecular weight excluding hydrogens is 220 g/mol. The molecule has 2 heterocycles. The predicted octanol–water partition coefficient (Wildman–Crippen LogP) is 3.15.